The first-order valence-electron chi connectivity index (χ1n) is 12.3. The number of nitrogens with two attached hydrogens (primary N) is 1. The fraction of sp³-hybridized carbons (Fsp3) is 0.222. The molecule has 14 nitrogen and oxygen atoms in total. The van der Waals surface area contributed by atoms with Crippen molar-refractivity contribution < 1.29 is 33.6 Å². The first-order valence-corrected chi connectivity index (χ1v) is 13.2. The van der Waals surface area contributed by atoms with Gasteiger partial charge in [0.15, 0.2) is 24.1 Å². The molecular weight excluding hydrogens is 568 g/mol. The van der Waals surface area contributed by atoms with Crippen LogP contribution < -0.4 is 26.2 Å². The second kappa shape index (κ2) is 13.0. The van der Waals surface area contributed by atoms with Crippen LogP contribution in [0.3, 0.4) is 0 Å². The van der Waals surface area contributed by atoms with Crippen molar-refractivity contribution >= 4 is 34.8 Å². The van der Waals surface area contributed by atoms with E-state index in [9.17, 15) is 9.59 Å². The minimum atomic E-state index is -0.833. The molecule has 0 aliphatic carbocycles. The van der Waals surface area contributed by atoms with E-state index in [4.69, 9.17) is 40.0 Å². The van der Waals surface area contributed by atoms with Crippen LogP contribution in [0.4, 0.5) is 5.69 Å². The molecule has 1 unspecified atom stereocenters. The van der Waals surface area contributed by atoms with E-state index in [2.05, 4.69) is 15.4 Å². The number of carbonyl (C=O) groups excluding carboxylic acids is 1. The van der Waals surface area contributed by atoms with Crippen LogP contribution >= 0.6 is 11.3 Å². The number of aromatic nitrogens is 3. The van der Waals surface area contributed by atoms with Crippen molar-refractivity contribution in [1.29, 1.82) is 5.41 Å². The number of hydrogen-bond acceptors (Lipinski definition) is 11. The van der Waals surface area contributed by atoms with E-state index in [0.29, 0.717) is 40.6 Å². The largest absolute Gasteiger partial charge is 0.493 e. The first-order chi connectivity index (χ1) is 20.1. The van der Waals surface area contributed by atoms with Gasteiger partial charge in [0, 0.05) is 23.7 Å². The minimum absolute atomic E-state index is 0.0484. The van der Waals surface area contributed by atoms with Crippen molar-refractivity contribution in [3.63, 3.8) is 0 Å². The number of methoxy groups -OCH3 is 2. The summed E-state index contributed by atoms with van der Waals surface area (Å²) in [6, 6.07) is 11.6. The number of hydrogen-bond donors (Lipinski definition) is 5. The summed E-state index contributed by atoms with van der Waals surface area (Å²) in [4.78, 5) is 37.3. The molecule has 2 aromatic heterocycles. The molecular formula is C27H28N6O8S. The number of esters is 1. The zero-order chi connectivity index (χ0) is 30.4. The SMILES string of the molecule is CC(=O)O.COC(=O)c1sccc1-n1nc(C(Nc2ccc(C(=N)N)cc2)c2cc3c(c(OC)c2)OCOC3)[nH]c1=O. The van der Waals surface area contributed by atoms with Crippen LogP contribution in [0, 0.1) is 5.41 Å². The number of aromatic amines is 1. The standard InChI is InChI=1S/C25H24N6O6S.C2H4O2/c1-34-18-10-14(9-15-11-36-12-37-20(15)18)19(28-16-5-3-13(4-6-16)22(26)27)23-29-25(33)31(30-23)17-7-8-38-21(17)24(32)35-2;1-2(3)4/h3-10,19,28H,11-12H2,1-2H3,(H3,26,27)(H,29,30,33);1H3,(H,3,4). The van der Waals surface area contributed by atoms with Crippen LogP contribution in [0.25, 0.3) is 5.69 Å². The lowest BCUT2D eigenvalue weighted by molar-refractivity contribution is -0.134. The summed E-state index contributed by atoms with van der Waals surface area (Å²) < 4.78 is 22.7. The number of nitrogens with one attached hydrogen (secondary N) is 3. The Balaban J connectivity index is 0.000000952. The van der Waals surface area contributed by atoms with Gasteiger partial charge in [0.2, 0.25) is 0 Å². The van der Waals surface area contributed by atoms with Crippen LogP contribution in [0.1, 0.15) is 45.2 Å². The predicted molar refractivity (Wildman–Crippen MR) is 153 cm³/mol. The number of thiophene rings is 1. The average Bonchev–Trinajstić information content (AvgIpc) is 3.61. The average molecular weight is 597 g/mol. The van der Waals surface area contributed by atoms with Crippen LogP contribution in [0.2, 0.25) is 0 Å². The minimum Gasteiger partial charge on any atom is -0.493 e. The van der Waals surface area contributed by atoms with E-state index in [1.54, 1.807) is 48.9 Å². The number of amidine groups is 1. The number of anilines is 1. The molecule has 0 spiro atoms. The quantitative estimate of drug-likeness (QED) is 0.114. The highest BCUT2D eigenvalue weighted by atomic mass is 32.1. The Morgan fingerprint density at radius 1 is 1.24 bits per heavy atom. The second-order valence-corrected chi connectivity index (χ2v) is 9.68. The van der Waals surface area contributed by atoms with Gasteiger partial charge in [-0.05, 0) is 53.4 Å². The number of carboxylic acids is 1. The molecule has 0 radical (unpaired) electrons. The van der Waals surface area contributed by atoms with Gasteiger partial charge in [-0.15, -0.1) is 16.4 Å². The van der Waals surface area contributed by atoms with Gasteiger partial charge in [-0.1, -0.05) is 0 Å². The molecule has 1 aliphatic rings. The Morgan fingerprint density at radius 3 is 2.60 bits per heavy atom. The van der Waals surface area contributed by atoms with Crippen LogP contribution in [-0.2, 0) is 20.9 Å². The maximum Gasteiger partial charge on any atom is 0.350 e. The highest BCUT2D eigenvalue weighted by Crippen LogP contribution is 2.38. The van der Waals surface area contributed by atoms with Crippen LogP contribution in [0.5, 0.6) is 11.5 Å². The van der Waals surface area contributed by atoms with Crippen LogP contribution in [-0.4, -0.2) is 58.7 Å². The number of rotatable bonds is 8. The smallest absolute Gasteiger partial charge is 0.350 e. The van der Waals surface area contributed by atoms with E-state index in [1.807, 2.05) is 6.07 Å². The fourth-order valence-electron chi connectivity index (χ4n) is 4.10. The Morgan fingerprint density at radius 2 is 1.95 bits per heavy atom. The molecule has 42 heavy (non-hydrogen) atoms. The summed E-state index contributed by atoms with van der Waals surface area (Å²) in [7, 11) is 2.82. The Labute approximate surface area is 243 Å². The lowest BCUT2D eigenvalue weighted by atomic mass is 10.0. The summed E-state index contributed by atoms with van der Waals surface area (Å²) in [5.41, 5.74) is 8.12. The van der Waals surface area contributed by atoms with Crippen molar-refractivity contribution in [3.8, 4) is 17.2 Å². The highest BCUT2D eigenvalue weighted by Gasteiger charge is 2.26. The zero-order valence-electron chi connectivity index (χ0n) is 22.8. The molecule has 3 heterocycles. The molecule has 4 aromatic rings. The number of fused-ring (bicyclic) bond motifs is 1. The molecule has 6 N–H and O–H groups in total. The van der Waals surface area contributed by atoms with Gasteiger partial charge in [0.1, 0.15) is 16.8 Å². The molecule has 0 amide bonds. The van der Waals surface area contributed by atoms with Gasteiger partial charge < -0.3 is 35.1 Å². The molecule has 2 aromatic carbocycles. The van der Waals surface area contributed by atoms with E-state index in [-0.39, 0.29) is 23.3 Å². The third-order valence-electron chi connectivity index (χ3n) is 5.91. The number of benzene rings is 2. The number of H-pyrrole nitrogens is 1. The number of carbonyl (C=O) groups is 2. The lowest BCUT2D eigenvalue weighted by Crippen LogP contribution is -2.18. The van der Waals surface area contributed by atoms with Gasteiger partial charge in [-0.3, -0.25) is 15.2 Å². The van der Waals surface area contributed by atoms with E-state index in [1.165, 1.54) is 7.11 Å². The van der Waals surface area contributed by atoms with Crippen molar-refractivity contribution in [2.75, 3.05) is 26.3 Å². The number of nitrogen functional groups attached to an aromatic ring is 1. The van der Waals surface area contributed by atoms with E-state index >= 15 is 0 Å². The summed E-state index contributed by atoms with van der Waals surface area (Å²) >= 11 is 1.15. The van der Waals surface area contributed by atoms with E-state index < -0.39 is 23.7 Å². The maximum absolute atomic E-state index is 13.0. The van der Waals surface area contributed by atoms with Crippen LogP contribution in [0.15, 0.2) is 52.6 Å². The molecule has 220 valence electrons. The Bertz CT molecular complexity index is 1640. The number of nitrogens with zero attached hydrogens (tertiary/aromatic N) is 2. The third-order valence-corrected chi connectivity index (χ3v) is 6.79. The molecule has 0 saturated heterocycles. The predicted octanol–water partition coefficient (Wildman–Crippen LogP) is 2.86. The Kier molecular flexibility index (Phi) is 9.24. The third kappa shape index (κ3) is 6.59. The molecule has 1 atom stereocenters. The van der Waals surface area contributed by atoms with Crippen molar-refractivity contribution in [1.82, 2.24) is 14.8 Å². The topological polar surface area (TPSA) is 204 Å². The molecule has 5 rings (SSSR count). The molecule has 0 bridgehead atoms. The summed E-state index contributed by atoms with van der Waals surface area (Å²) in [5, 5.41) is 24.7. The fourth-order valence-corrected chi connectivity index (χ4v) is 4.88. The lowest BCUT2D eigenvalue weighted by Gasteiger charge is -2.24. The molecule has 1 aliphatic heterocycles. The van der Waals surface area contributed by atoms with Gasteiger partial charge in [0.05, 0.1) is 26.5 Å². The molecule has 0 fully saturated rings. The Hall–Kier alpha value is -5.15. The second-order valence-electron chi connectivity index (χ2n) is 8.76. The van der Waals surface area contributed by atoms with Gasteiger partial charge in [-0.2, -0.15) is 4.68 Å². The van der Waals surface area contributed by atoms with Crippen molar-refractivity contribution in [2.24, 2.45) is 5.73 Å². The maximum atomic E-state index is 13.0. The van der Waals surface area contributed by atoms with Gasteiger partial charge in [0.25, 0.3) is 5.97 Å². The monoisotopic (exact) mass is 596 g/mol. The van der Waals surface area contributed by atoms with Gasteiger partial charge in [-0.25, -0.2) is 9.59 Å². The summed E-state index contributed by atoms with van der Waals surface area (Å²) in [6.45, 7) is 1.52. The van der Waals surface area contributed by atoms with E-state index in [0.717, 1.165) is 28.5 Å². The number of carboxylic acid groups (broad SMARTS) is 1. The number of aliphatic carboxylic acids is 1. The normalized spacial score (nSPS) is 12.5. The first kappa shape index (κ1) is 29.8. The molecule has 15 heteroatoms. The zero-order valence-corrected chi connectivity index (χ0v) is 23.6. The van der Waals surface area contributed by atoms with Gasteiger partial charge >= 0.3 is 11.7 Å². The highest BCUT2D eigenvalue weighted by molar-refractivity contribution is 7.12. The summed E-state index contributed by atoms with van der Waals surface area (Å²) in [6.07, 6.45) is 0. The summed E-state index contributed by atoms with van der Waals surface area (Å²) in [5.74, 6) is -0.0645. The van der Waals surface area contributed by atoms with Crippen molar-refractivity contribution in [3.05, 3.63) is 85.7 Å². The number of ether oxygens (including phenoxy) is 4. The molecule has 0 saturated carbocycles. The van der Waals surface area contributed by atoms with Crippen molar-refractivity contribution in [2.45, 2.75) is 19.6 Å².